The van der Waals surface area contributed by atoms with Crippen molar-refractivity contribution in [2.45, 2.75) is 58.6 Å². The normalized spacial score (nSPS) is 19.3. The Bertz CT molecular complexity index is 362. The summed E-state index contributed by atoms with van der Waals surface area (Å²) in [4.78, 5) is 0. The van der Waals surface area contributed by atoms with Crippen molar-refractivity contribution < 1.29 is 4.74 Å². The SMILES string of the molecule is CCNC(CC(CC)CC)C1Cc2ccccc2O1. The molecule has 2 nitrogen and oxygen atoms in total. The number of nitrogens with one attached hydrogen (secondary N) is 1. The molecule has 0 fully saturated rings. The molecular formula is C17H27NO. The van der Waals surface area contributed by atoms with Gasteiger partial charge in [0.25, 0.3) is 0 Å². The van der Waals surface area contributed by atoms with Gasteiger partial charge in [-0.15, -0.1) is 0 Å². The van der Waals surface area contributed by atoms with Crippen LogP contribution in [0.1, 0.15) is 45.6 Å². The van der Waals surface area contributed by atoms with Gasteiger partial charge < -0.3 is 10.1 Å². The lowest BCUT2D eigenvalue weighted by Crippen LogP contribution is -2.43. The molecule has 0 spiro atoms. The third-order valence-corrected chi connectivity index (χ3v) is 4.33. The molecule has 0 bridgehead atoms. The van der Waals surface area contributed by atoms with Crippen molar-refractivity contribution in [1.82, 2.24) is 5.32 Å². The van der Waals surface area contributed by atoms with Crippen LogP contribution in [0, 0.1) is 5.92 Å². The Morgan fingerprint density at radius 3 is 2.58 bits per heavy atom. The monoisotopic (exact) mass is 261 g/mol. The van der Waals surface area contributed by atoms with Gasteiger partial charge in [-0.3, -0.25) is 0 Å². The van der Waals surface area contributed by atoms with E-state index < -0.39 is 0 Å². The summed E-state index contributed by atoms with van der Waals surface area (Å²) in [5.74, 6) is 1.89. The fraction of sp³-hybridized carbons (Fsp3) is 0.647. The van der Waals surface area contributed by atoms with E-state index in [1.165, 1.54) is 24.8 Å². The first-order valence-corrected chi connectivity index (χ1v) is 7.76. The van der Waals surface area contributed by atoms with Gasteiger partial charge in [-0.25, -0.2) is 0 Å². The molecule has 0 aliphatic carbocycles. The molecule has 1 N–H and O–H groups in total. The molecule has 2 atom stereocenters. The average Bonchev–Trinajstić information content (AvgIpc) is 2.87. The smallest absolute Gasteiger partial charge is 0.123 e. The van der Waals surface area contributed by atoms with Crippen LogP contribution in [-0.2, 0) is 6.42 Å². The van der Waals surface area contributed by atoms with Gasteiger partial charge in [-0.2, -0.15) is 0 Å². The quantitative estimate of drug-likeness (QED) is 0.806. The summed E-state index contributed by atoms with van der Waals surface area (Å²) < 4.78 is 6.15. The summed E-state index contributed by atoms with van der Waals surface area (Å²) >= 11 is 0. The first-order chi connectivity index (χ1) is 9.28. The van der Waals surface area contributed by atoms with E-state index in [2.05, 4.69) is 50.4 Å². The predicted molar refractivity (Wildman–Crippen MR) is 80.7 cm³/mol. The maximum atomic E-state index is 6.15. The van der Waals surface area contributed by atoms with Gasteiger partial charge in [0.05, 0.1) is 0 Å². The number of hydrogen-bond donors (Lipinski definition) is 1. The molecule has 1 aromatic carbocycles. The van der Waals surface area contributed by atoms with E-state index >= 15 is 0 Å². The second-order valence-corrected chi connectivity index (χ2v) is 5.55. The van der Waals surface area contributed by atoms with E-state index in [4.69, 9.17) is 4.74 Å². The zero-order valence-corrected chi connectivity index (χ0v) is 12.5. The zero-order valence-electron chi connectivity index (χ0n) is 12.5. The van der Waals surface area contributed by atoms with Crippen molar-refractivity contribution in [2.24, 2.45) is 5.92 Å². The second kappa shape index (κ2) is 6.95. The average molecular weight is 261 g/mol. The lowest BCUT2D eigenvalue weighted by Gasteiger charge is -2.27. The molecule has 0 radical (unpaired) electrons. The maximum Gasteiger partial charge on any atom is 0.123 e. The number of para-hydroxylation sites is 1. The molecule has 0 amide bonds. The number of fused-ring (bicyclic) bond motifs is 1. The van der Waals surface area contributed by atoms with Crippen LogP contribution in [0.15, 0.2) is 24.3 Å². The van der Waals surface area contributed by atoms with Crippen molar-refractivity contribution >= 4 is 0 Å². The molecule has 1 aromatic rings. The first-order valence-electron chi connectivity index (χ1n) is 7.76. The largest absolute Gasteiger partial charge is 0.488 e. The molecule has 1 heterocycles. The number of rotatable bonds is 7. The van der Waals surface area contributed by atoms with Crippen LogP contribution in [0.4, 0.5) is 0 Å². The first kappa shape index (κ1) is 14.4. The van der Waals surface area contributed by atoms with Crippen LogP contribution < -0.4 is 10.1 Å². The Balaban J connectivity index is 2.01. The number of benzene rings is 1. The second-order valence-electron chi connectivity index (χ2n) is 5.55. The standard InChI is InChI=1S/C17H27NO/c1-4-13(5-2)11-15(18-6-3)17-12-14-9-7-8-10-16(14)19-17/h7-10,13,15,17-18H,4-6,11-12H2,1-3H3. The van der Waals surface area contributed by atoms with Gasteiger partial charge in [0.15, 0.2) is 0 Å². The summed E-state index contributed by atoms with van der Waals surface area (Å²) in [5, 5.41) is 3.63. The number of ether oxygens (including phenoxy) is 1. The highest BCUT2D eigenvalue weighted by Gasteiger charge is 2.30. The lowest BCUT2D eigenvalue weighted by atomic mass is 9.91. The molecule has 106 valence electrons. The van der Waals surface area contributed by atoms with Crippen LogP contribution in [0.2, 0.25) is 0 Å². The molecule has 1 aliphatic rings. The lowest BCUT2D eigenvalue weighted by molar-refractivity contribution is 0.158. The van der Waals surface area contributed by atoms with Crippen molar-refractivity contribution in [1.29, 1.82) is 0 Å². The summed E-state index contributed by atoms with van der Waals surface area (Å²) in [6.07, 6.45) is 5.10. The molecule has 2 heteroatoms. The van der Waals surface area contributed by atoms with Gasteiger partial charge in [0.2, 0.25) is 0 Å². The molecule has 2 rings (SSSR count). The highest BCUT2D eigenvalue weighted by Crippen LogP contribution is 2.31. The third-order valence-electron chi connectivity index (χ3n) is 4.33. The number of likely N-dealkylation sites (N-methyl/N-ethyl adjacent to an activating group) is 1. The Morgan fingerprint density at radius 2 is 1.95 bits per heavy atom. The van der Waals surface area contributed by atoms with Crippen molar-refractivity contribution in [3.05, 3.63) is 29.8 Å². The predicted octanol–water partition coefficient (Wildman–Crippen LogP) is 3.79. The number of hydrogen-bond acceptors (Lipinski definition) is 2. The van der Waals surface area contributed by atoms with Gasteiger partial charge in [0, 0.05) is 12.5 Å². The van der Waals surface area contributed by atoms with Crippen LogP contribution in [-0.4, -0.2) is 18.7 Å². The van der Waals surface area contributed by atoms with E-state index in [1.54, 1.807) is 0 Å². The van der Waals surface area contributed by atoms with E-state index in [0.717, 1.165) is 24.6 Å². The van der Waals surface area contributed by atoms with Crippen LogP contribution >= 0.6 is 0 Å². The minimum atomic E-state index is 0.304. The Hall–Kier alpha value is -1.02. The van der Waals surface area contributed by atoms with Gasteiger partial charge in [-0.05, 0) is 30.5 Å². The third kappa shape index (κ3) is 3.50. The molecular weight excluding hydrogens is 234 g/mol. The summed E-state index contributed by atoms with van der Waals surface area (Å²) in [6, 6.07) is 8.92. The van der Waals surface area contributed by atoms with E-state index in [-0.39, 0.29) is 0 Å². The van der Waals surface area contributed by atoms with Gasteiger partial charge >= 0.3 is 0 Å². The summed E-state index contributed by atoms with van der Waals surface area (Å²) in [5.41, 5.74) is 1.36. The van der Waals surface area contributed by atoms with Crippen molar-refractivity contribution in [3.63, 3.8) is 0 Å². The summed E-state index contributed by atoms with van der Waals surface area (Å²) in [6.45, 7) is 7.78. The fourth-order valence-corrected chi connectivity index (χ4v) is 3.04. The van der Waals surface area contributed by atoms with Gasteiger partial charge in [0.1, 0.15) is 11.9 Å². The highest BCUT2D eigenvalue weighted by molar-refractivity contribution is 5.37. The van der Waals surface area contributed by atoms with Crippen LogP contribution in [0.5, 0.6) is 5.75 Å². The van der Waals surface area contributed by atoms with E-state index in [9.17, 15) is 0 Å². The minimum absolute atomic E-state index is 0.304. The molecule has 1 aliphatic heterocycles. The molecule has 19 heavy (non-hydrogen) atoms. The van der Waals surface area contributed by atoms with Gasteiger partial charge in [-0.1, -0.05) is 51.8 Å². The van der Waals surface area contributed by atoms with E-state index in [1.807, 2.05) is 0 Å². The van der Waals surface area contributed by atoms with Crippen LogP contribution in [0.3, 0.4) is 0 Å². The van der Waals surface area contributed by atoms with Crippen LogP contribution in [0.25, 0.3) is 0 Å². The molecule has 0 saturated heterocycles. The van der Waals surface area contributed by atoms with E-state index in [0.29, 0.717) is 12.1 Å². The highest BCUT2D eigenvalue weighted by atomic mass is 16.5. The molecule has 2 unspecified atom stereocenters. The maximum absolute atomic E-state index is 6.15. The Labute approximate surface area is 117 Å². The molecule has 0 aromatic heterocycles. The Morgan fingerprint density at radius 1 is 1.21 bits per heavy atom. The van der Waals surface area contributed by atoms with Crippen molar-refractivity contribution in [3.8, 4) is 5.75 Å². The Kier molecular flexibility index (Phi) is 5.26. The zero-order chi connectivity index (χ0) is 13.7. The summed E-state index contributed by atoms with van der Waals surface area (Å²) in [7, 11) is 0. The fourth-order valence-electron chi connectivity index (χ4n) is 3.04. The minimum Gasteiger partial charge on any atom is -0.488 e. The topological polar surface area (TPSA) is 21.3 Å². The molecule has 0 saturated carbocycles. The van der Waals surface area contributed by atoms with Crippen molar-refractivity contribution in [2.75, 3.05) is 6.54 Å².